The first-order chi connectivity index (χ1) is 13.1. The minimum absolute atomic E-state index is 0.0102. The lowest BCUT2D eigenvalue weighted by Crippen LogP contribution is -2.42. The predicted octanol–water partition coefficient (Wildman–Crippen LogP) is 0.852. The van der Waals surface area contributed by atoms with Crippen molar-refractivity contribution in [3.63, 3.8) is 0 Å². The van der Waals surface area contributed by atoms with Gasteiger partial charge in [-0.25, -0.2) is 0 Å². The van der Waals surface area contributed by atoms with Crippen LogP contribution in [0.1, 0.15) is 30.6 Å². The molecule has 2 heterocycles. The van der Waals surface area contributed by atoms with Crippen LogP contribution in [0.4, 0.5) is 5.69 Å². The molecule has 0 spiro atoms. The van der Waals surface area contributed by atoms with E-state index in [0.717, 1.165) is 38.5 Å². The van der Waals surface area contributed by atoms with Crippen LogP contribution >= 0.6 is 0 Å². The Kier molecular flexibility index (Phi) is 6.68. The number of morpholine rings is 1. The minimum Gasteiger partial charge on any atom is -0.378 e. The monoisotopic (exact) mass is 374 g/mol. The predicted molar refractivity (Wildman–Crippen MR) is 105 cm³/mol. The number of amides is 2. The molecule has 7 nitrogen and oxygen atoms in total. The van der Waals surface area contributed by atoms with Gasteiger partial charge in [0.15, 0.2) is 0 Å². The van der Waals surface area contributed by atoms with E-state index in [-0.39, 0.29) is 23.9 Å². The van der Waals surface area contributed by atoms with Gasteiger partial charge in [-0.3, -0.25) is 14.5 Å². The first kappa shape index (κ1) is 19.6. The van der Waals surface area contributed by atoms with Gasteiger partial charge >= 0.3 is 0 Å². The number of hydrogen-bond acceptors (Lipinski definition) is 5. The van der Waals surface area contributed by atoms with Crippen molar-refractivity contribution in [1.82, 2.24) is 15.5 Å². The van der Waals surface area contributed by atoms with Crippen LogP contribution in [-0.2, 0) is 9.53 Å². The summed E-state index contributed by atoms with van der Waals surface area (Å²) < 4.78 is 5.38. The molecule has 2 fully saturated rings. The Labute approximate surface area is 161 Å². The van der Waals surface area contributed by atoms with Gasteiger partial charge in [0.1, 0.15) is 0 Å². The van der Waals surface area contributed by atoms with Crippen molar-refractivity contribution in [2.75, 3.05) is 50.8 Å². The zero-order chi connectivity index (χ0) is 19.2. The van der Waals surface area contributed by atoms with Crippen LogP contribution < -0.4 is 15.5 Å². The quantitative estimate of drug-likeness (QED) is 0.772. The summed E-state index contributed by atoms with van der Waals surface area (Å²) in [4.78, 5) is 29.2. The van der Waals surface area contributed by atoms with Gasteiger partial charge in [-0.2, -0.15) is 0 Å². The minimum atomic E-state index is -0.163. The second-order valence-corrected chi connectivity index (χ2v) is 7.05. The van der Waals surface area contributed by atoms with E-state index in [4.69, 9.17) is 4.74 Å². The van der Waals surface area contributed by atoms with E-state index in [0.29, 0.717) is 25.1 Å². The summed E-state index contributed by atoms with van der Waals surface area (Å²) in [6, 6.07) is 7.55. The number of carbonyl (C=O) groups is 2. The van der Waals surface area contributed by atoms with Crippen molar-refractivity contribution >= 4 is 17.5 Å². The number of nitrogens with zero attached hydrogens (tertiary/aromatic N) is 2. The van der Waals surface area contributed by atoms with Crippen molar-refractivity contribution in [2.24, 2.45) is 0 Å². The van der Waals surface area contributed by atoms with Gasteiger partial charge < -0.3 is 20.3 Å². The first-order valence-electron chi connectivity index (χ1n) is 9.87. The van der Waals surface area contributed by atoms with E-state index >= 15 is 0 Å². The van der Waals surface area contributed by atoms with Crippen molar-refractivity contribution in [2.45, 2.75) is 32.4 Å². The maximum atomic E-state index is 12.6. The molecule has 0 radical (unpaired) electrons. The average molecular weight is 374 g/mol. The SMILES string of the molecule is CCNC(=O)C1CC(NC(=O)c2ccc(N3CCOCC3)cc2)CN1CC. The molecule has 148 valence electrons. The van der Waals surface area contributed by atoms with E-state index in [1.807, 2.05) is 38.1 Å². The molecule has 0 saturated carbocycles. The Balaban J connectivity index is 1.57. The Bertz CT molecular complexity index is 643. The number of hydrogen-bond donors (Lipinski definition) is 2. The smallest absolute Gasteiger partial charge is 0.251 e. The normalized spacial score (nSPS) is 23.3. The van der Waals surface area contributed by atoms with Gasteiger partial charge in [-0.1, -0.05) is 6.92 Å². The molecule has 1 aromatic carbocycles. The van der Waals surface area contributed by atoms with Crippen LogP contribution in [0.25, 0.3) is 0 Å². The van der Waals surface area contributed by atoms with Crippen LogP contribution in [0.3, 0.4) is 0 Å². The number of benzene rings is 1. The van der Waals surface area contributed by atoms with E-state index in [9.17, 15) is 9.59 Å². The van der Waals surface area contributed by atoms with Gasteiger partial charge in [0.05, 0.1) is 19.3 Å². The highest BCUT2D eigenvalue weighted by atomic mass is 16.5. The third kappa shape index (κ3) is 4.78. The third-order valence-electron chi connectivity index (χ3n) is 5.30. The molecule has 0 aliphatic carbocycles. The Hall–Kier alpha value is -2.12. The standard InChI is InChI=1S/C20H30N4O3/c1-3-21-20(26)18-13-16(14-23(18)4-2)22-19(25)15-5-7-17(8-6-15)24-9-11-27-12-10-24/h5-8,16,18H,3-4,9-14H2,1-2H3,(H,21,26)(H,22,25). The zero-order valence-electron chi connectivity index (χ0n) is 16.2. The van der Waals surface area contributed by atoms with Crippen molar-refractivity contribution < 1.29 is 14.3 Å². The molecule has 3 rings (SSSR count). The summed E-state index contributed by atoms with van der Waals surface area (Å²) in [5, 5.41) is 5.98. The van der Waals surface area contributed by atoms with Crippen molar-refractivity contribution in [1.29, 1.82) is 0 Å². The number of rotatable bonds is 6. The van der Waals surface area contributed by atoms with Gasteiger partial charge in [0, 0.05) is 43.5 Å². The molecule has 27 heavy (non-hydrogen) atoms. The summed E-state index contributed by atoms with van der Waals surface area (Å²) in [7, 11) is 0. The fourth-order valence-electron chi connectivity index (χ4n) is 3.84. The third-order valence-corrected chi connectivity index (χ3v) is 5.30. The molecule has 2 atom stereocenters. The molecule has 2 saturated heterocycles. The Morgan fingerprint density at radius 3 is 2.48 bits per heavy atom. The maximum Gasteiger partial charge on any atom is 0.251 e. The molecule has 2 aliphatic rings. The molecule has 7 heteroatoms. The summed E-state index contributed by atoms with van der Waals surface area (Å²) in [6.07, 6.45) is 0.650. The lowest BCUT2D eigenvalue weighted by molar-refractivity contribution is -0.125. The van der Waals surface area contributed by atoms with Gasteiger partial charge in [0.25, 0.3) is 5.91 Å². The summed E-state index contributed by atoms with van der Waals surface area (Å²) in [5.41, 5.74) is 1.76. The zero-order valence-corrected chi connectivity index (χ0v) is 16.2. The van der Waals surface area contributed by atoms with Gasteiger partial charge in [0.2, 0.25) is 5.91 Å². The highest BCUT2D eigenvalue weighted by molar-refractivity contribution is 5.95. The van der Waals surface area contributed by atoms with E-state index in [1.54, 1.807) is 0 Å². The number of ether oxygens (including phenoxy) is 1. The average Bonchev–Trinajstić information content (AvgIpc) is 3.12. The van der Waals surface area contributed by atoms with E-state index < -0.39 is 0 Å². The van der Waals surface area contributed by atoms with Gasteiger partial charge in [-0.05, 0) is 44.2 Å². The molecular weight excluding hydrogens is 344 g/mol. The highest BCUT2D eigenvalue weighted by Crippen LogP contribution is 2.20. The number of anilines is 1. The van der Waals surface area contributed by atoms with Crippen molar-refractivity contribution in [3.8, 4) is 0 Å². The van der Waals surface area contributed by atoms with Crippen LogP contribution in [0.15, 0.2) is 24.3 Å². The molecular formula is C20H30N4O3. The Morgan fingerprint density at radius 1 is 1.15 bits per heavy atom. The summed E-state index contributed by atoms with van der Waals surface area (Å²) in [5.74, 6) is -0.0351. The summed E-state index contributed by atoms with van der Waals surface area (Å²) >= 11 is 0. The van der Waals surface area contributed by atoms with Crippen LogP contribution in [-0.4, -0.2) is 74.7 Å². The molecule has 2 aliphatic heterocycles. The van der Waals surface area contributed by atoms with Gasteiger partial charge in [-0.15, -0.1) is 0 Å². The summed E-state index contributed by atoms with van der Waals surface area (Å²) in [6.45, 7) is 9.32. The number of carbonyl (C=O) groups excluding carboxylic acids is 2. The number of nitrogens with one attached hydrogen (secondary N) is 2. The maximum absolute atomic E-state index is 12.6. The lowest BCUT2D eigenvalue weighted by atomic mass is 10.1. The molecule has 0 aromatic heterocycles. The second-order valence-electron chi connectivity index (χ2n) is 7.05. The molecule has 0 bridgehead atoms. The molecule has 2 amide bonds. The molecule has 1 aromatic rings. The second kappa shape index (κ2) is 9.19. The van der Waals surface area contributed by atoms with E-state index in [2.05, 4.69) is 20.4 Å². The highest BCUT2D eigenvalue weighted by Gasteiger charge is 2.36. The fraction of sp³-hybridized carbons (Fsp3) is 0.600. The lowest BCUT2D eigenvalue weighted by Gasteiger charge is -2.28. The first-order valence-corrected chi connectivity index (χ1v) is 9.87. The molecule has 2 unspecified atom stereocenters. The number of likely N-dealkylation sites (tertiary alicyclic amines) is 1. The van der Waals surface area contributed by atoms with Crippen LogP contribution in [0.5, 0.6) is 0 Å². The largest absolute Gasteiger partial charge is 0.378 e. The van der Waals surface area contributed by atoms with E-state index in [1.165, 1.54) is 0 Å². The Morgan fingerprint density at radius 2 is 1.85 bits per heavy atom. The number of likely N-dealkylation sites (N-methyl/N-ethyl adjacent to an activating group) is 2. The fourth-order valence-corrected chi connectivity index (χ4v) is 3.84. The molecule has 2 N–H and O–H groups in total. The van der Waals surface area contributed by atoms with Crippen LogP contribution in [0, 0.1) is 0 Å². The van der Waals surface area contributed by atoms with Crippen molar-refractivity contribution in [3.05, 3.63) is 29.8 Å². The topological polar surface area (TPSA) is 73.9 Å². The van der Waals surface area contributed by atoms with Crippen LogP contribution in [0.2, 0.25) is 0 Å².